The molecule has 1 aliphatic rings. The van der Waals surface area contributed by atoms with Crippen LogP contribution in [0.4, 0.5) is 4.79 Å². The zero-order valence-corrected chi connectivity index (χ0v) is 19.5. The Kier molecular flexibility index (Phi) is 7.74. The molecule has 0 bridgehead atoms. The van der Waals surface area contributed by atoms with Crippen LogP contribution in [0.15, 0.2) is 48.5 Å². The van der Waals surface area contributed by atoms with Crippen LogP contribution in [0.3, 0.4) is 0 Å². The molecule has 3 N–H and O–H groups in total. The Bertz CT molecular complexity index is 972. The number of fused-ring (bicyclic) bond motifs is 3. The minimum Gasteiger partial charge on any atom is -0.480 e. The lowest BCUT2D eigenvalue weighted by atomic mass is 9.98. The molecule has 0 heterocycles. The largest absolute Gasteiger partial charge is 0.480 e. The van der Waals surface area contributed by atoms with Gasteiger partial charge in [0.25, 0.3) is 0 Å². The molecule has 3 rings (SSSR count). The molecule has 0 radical (unpaired) electrons. The molecular weight excluding hydrogens is 420 g/mol. The number of aliphatic carboxylic acids is 1. The van der Waals surface area contributed by atoms with Crippen LogP contribution >= 0.6 is 0 Å². The lowest BCUT2D eigenvalue weighted by molar-refractivity contribution is -0.142. The van der Waals surface area contributed by atoms with Gasteiger partial charge in [-0.05, 0) is 40.5 Å². The van der Waals surface area contributed by atoms with Crippen LogP contribution in [-0.2, 0) is 14.3 Å². The minimum atomic E-state index is -1.10. The summed E-state index contributed by atoms with van der Waals surface area (Å²) in [4.78, 5) is 36.9. The number of amides is 2. The van der Waals surface area contributed by atoms with Gasteiger partial charge in [0.05, 0.1) is 0 Å². The van der Waals surface area contributed by atoms with E-state index in [2.05, 4.69) is 22.8 Å². The highest BCUT2D eigenvalue weighted by Gasteiger charge is 2.31. The SMILES string of the molecule is CC(C)C[C@@H](NC(=O)[C@H](NC(=O)OCC1c2ccccc2-c2ccccc21)C(C)C)C(=O)O. The van der Waals surface area contributed by atoms with Gasteiger partial charge in [0, 0.05) is 5.92 Å². The van der Waals surface area contributed by atoms with Crippen LogP contribution < -0.4 is 10.6 Å². The van der Waals surface area contributed by atoms with Gasteiger partial charge in [0.15, 0.2) is 0 Å². The number of carboxylic acid groups (broad SMARTS) is 1. The normalized spacial score (nSPS) is 14.4. The third kappa shape index (κ3) is 5.72. The summed E-state index contributed by atoms with van der Waals surface area (Å²) in [5.41, 5.74) is 4.46. The van der Waals surface area contributed by atoms with Crippen LogP contribution in [0.1, 0.15) is 51.2 Å². The monoisotopic (exact) mass is 452 g/mol. The summed E-state index contributed by atoms with van der Waals surface area (Å²) in [6, 6.07) is 14.2. The lowest BCUT2D eigenvalue weighted by Crippen LogP contribution is -2.54. The first-order valence-corrected chi connectivity index (χ1v) is 11.3. The van der Waals surface area contributed by atoms with E-state index in [1.165, 1.54) is 0 Å². The smallest absolute Gasteiger partial charge is 0.407 e. The number of benzene rings is 2. The van der Waals surface area contributed by atoms with E-state index < -0.39 is 30.1 Å². The van der Waals surface area contributed by atoms with E-state index in [9.17, 15) is 19.5 Å². The minimum absolute atomic E-state index is 0.0862. The summed E-state index contributed by atoms with van der Waals surface area (Å²) >= 11 is 0. The molecule has 2 aromatic carbocycles. The van der Waals surface area contributed by atoms with Crippen molar-refractivity contribution < 1.29 is 24.2 Å². The van der Waals surface area contributed by atoms with Gasteiger partial charge in [0.2, 0.25) is 5.91 Å². The summed E-state index contributed by atoms with van der Waals surface area (Å²) in [5, 5.41) is 14.6. The summed E-state index contributed by atoms with van der Waals surface area (Å²) in [6.07, 6.45) is -0.405. The van der Waals surface area contributed by atoms with Crippen LogP contribution in [0.2, 0.25) is 0 Å². The Balaban J connectivity index is 1.65. The van der Waals surface area contributed by atoms with Crippen LogP contribution in [0.25, 0.3) is 11.1 Å². The summed E-state index contributed by atoms with van der Waals surface area (Å²) < 4.78 is 5.54. The van der Waals surface area contributed by atoms with Gasteiger partial charge in [-0.15, -0.1) is 0 Å². The van der Waals surface area contributed by atoms with E-state index in [0.29, 0.717) is 6.42 Å². The van der Waals surface area contributed by atoms with Gasteiger partial charge >= 0.3 is 12.1 Å². The number of rotatable bonds is 9. The average Bonchev–Trinajstić information content (AvgIpc) is 3.08. The molecule has 2 atom stereocenters. The Morgan fingerprint density at radius 2 is 1.45 bits per heavy atom. The average molecular weight is 453 g/mol. The maximum atomic E-state index is 12.8. The number of ether oxygens (including phenoxy) is 1. The Hall–Kier alpha value is -3.35. The zero-order chi connectivity index (χ0) is 24.1. The van der Waals surface area contributed by atoms with E-state index in [1.54, 1.807) is 13.8 Å². The quantitative estimate of drug-likeness (QED) is 0.530. The molecule has 0 aliphatic heterocycles. The summed E-state index contributed by atoms with van der Waals surface area (Å²) in [7, 11) is 0. The van der Waals surface area contributed by atoms with Crippen molar-refractivity contribution in [1.82, 2.24) is 10.6 Å². The molecule has 0 spiro atoms. The van der Waals surface area contributed by atoms with Gasteiger partial charge in [-0.1, -0.05) is 76.2 Å². The molecule has 176 valence electrons. The number of alkyl carbamates (subject to hydrolysis) is 1. The Morgan fingerprint density at radius 1 is 0.909 bits per heavy atom. The molecule has 0 fully saturated rings. The van der Waals surface area contributed by atoms with Crippen molar-refractivity contribution in [2.24, 2.45) is 11.8 Å². The molecule has 0 unspecified atom stereocenters. The van der Waals surface area contributed by atoms with E-state index in [1.807, 2.05) is 50.2 Å². The van der Waals surface area contributed by atoms with Gasteiger partial charge in [-0.2, -0.15) is 0 Å². The van der Waals surface area contributed by atoms with Crippen molar-refractivity contribution in [3.8, 4) is 11.1 Å². The fraction of sp³-hybridized carbons (Fsp3) is 0.423. The first-order chi connectivity index (χ1) is 15.7. The molecule has 7 nitrogen and oxygen atoms in total. The van der Waals surface area contributed by atoms with Crippen molar-refractivity contribution in [3.05, 3.63) is 59.7 Å². The first-order valence-electron chi connectivity index (χ1n) is 11.3. The first kappa shape index (κ1) is 24.3. The van der Waals surface area contributed by atoms with Gasteiger partial charge in [-0.3, -0.25) is 4.79 Å². The van der Waals surface area contributed by atoms with E-state index in [4.69, 9.17) is 4.74 Å². The fourth-order valence-corrected chi connectivity index (χ4v) is 4.26. The second-order valence-corrected chi connectivity index (χ2v) is 9.22. The molecule has 33 heavy (non-hydrogen) atoms. The highest BCUT2D eigenvalue weighted by atomic mass is 16.5. The molecule has 0 saturated carbocycles. The standard InChI is InChI=1S/C26H32N2O5/c1-15(2)13-22(25(30)31)27-24(29)23(16(3)4)28-26(32)33-14-21-19-11-7-5-9-17(19)18-10-6-8-12-20(18)21/h5-12,15-16,21-23H,13-14H2,1-4H3,(H,27,29)(H,28,32)(H,30,31)/t22-,23-/m1/s1. The summed E-state index contributed by atoms with van der Waals surface area (Å²) in [5.74, 6) is -1.87. The van der Waals surface area contributed by atoms with E-state index in [0.717, 1.165) is 22.3 Å². The number of nitrogens with one attached hydrogen (secondary N) is 2. The predicted octanol–water partition coefficient (Wildman–Crippen LogP) is 4.17. The van der Waals surface area contributed by atoms with Gasteiger partial charge < -0.3 is 20.5 Å². The second kappa shape index (κ2) is 10.5. The molecule has 0 aromatic heterocycles. The van der Waals surface area contributed by atoms with Crippen molar-refractivity contribution in [3.63, 3.8) is 0 Å². The maximum Gasteiger partial charge on any atom is 0.407 e. The Morgan fingerprint density at radius 3 is 1.94 bits per heavy atom. The van der Waals surface area contributed by atoms with E-state index in [-0.39, 0.29) is 24.4 Å². The molecule has 0 saturated heterocycles. The molecule has 7 heteroatoms. The topological polar surface area (TPSA) is 105 Å². The third-order valence-electron chi connectivity index (χ3n) is 5.89. The maximum absolute atomic E-state index is 12.8. The zero-order valence-electron chi connectivity index (χ0n) is 19.5. The highest BCUT2D eigenvalue weighted by Crippen LogP contribution is 2.44. The molecular formula is C26H32N2O5. The predicted molar refractivity (Wildman–Crippen MR) is 126 cm³/mol. The number of carboxylic acids is 1. The number of hydrogen-bond acceptors (Lipinski definition) is 4. The van der Waals surface area contributed by atoms with Crippen LogP contribution in [-0.4, -0.2) is 41.8 Å². The van der Waals surface area contributed by atoms with E-state index >= 15 is 0 Å². The molecule has 1 aliphatic carbocycles. The fourth-order valence-electron chi connectivity index (χ4n) is 4.26. The second-order valence-electron chi connectivity index (χ2n) is 9.22. The van der Waals surface area contributed by atoms with Crippen molar-refractivity contribution >= 4 is 18.0 Å². The molecule has 2 aromatic rings. The number of carbonyl (C=O) groups excluding carboxylic acids is 2. The van der Waals surface area contributed by atoms with Gasteiger partial charge in [-0.25, -0.2) is 9.59 Å². The summed E-state index contributed by atoms with van der Waals surface area (Å²) in [6.45, 7) is 7.48. The third-order valence-corrected chi connectivity index (χ3v) is 5.89. The van der Waals surface area contributed by atoms with Crippen molar-refractivity contribution in [2.75, 3.05) is 6.61 Å². The van der Waals surface area contributed by atoms with Crippen molar-refractivity contribution in [1.29, 1.82) is 0 Å². The van der Waals surface area contributed by atoms with Crippen LogP contribution in [0.5, 0.6) is 0 Å². The Labute approximate surface area is 194 Å². The number of hydrogen-bond donors (Lipinski definition) is 3. The highest BCUT2D eigenvalue weighted by molar-refractivity contribution is 5.89. The number of carbonyl (C=O) groups is 3. The van der Waals surface area contributed by atoms with Gasteiger partial charge in [0.1, 0.15) is 18.7 Å². The molecule has 2 amide bonds. The van der Waals surface area contributed by atoms with Crippen molar-refractivity contribution in [2.45, 2.75) is 52.1 Å². The van der Waals surface area contributed by atoms with Crippen LogP contribution in [0, 0.1) is 11.8 Å². The lowest BCUT2D eigenvalue weighted by Gasteiger charge is -2.24.